The number of hydrogen-bond acceptors (Lipinski definition) is 5. The molecule has 1 atom stereocenters. The quantitative estimate of drug-likeness (QED) is 0.823. The second-order valence-corrected chi connectivity index (χ2v) is 8.08. The van der Waals surface area contributed by atoms with Gasteiger partial charge in [-0.15, -0.1) is 0 Å². The molecule has 0 amide bonds. The maximum atomic E-state index is 9.32. The van der Waals surface area contributed by atoms with E-state index in [4.69, 9.17) is 16.6 Å². The summed E-state index contributed by atoms with van der Waals surface area (Å²) >= 11 is 6.09. The number of hydrogen-bond donors (Lipinski definition) is 2. The molecular formula is C21H27ClN4O. The summed E-state index contributed by atoms with van der Waals surface area (Å²) in [6.45, 7) is 2.95. The Morgan fingerprint density at radius 2 is 2.07 bits per heavy atom. The van der Waals surface area contributed by atoms with Crippen molar-refractivity contribution >= 4 is 17.5 Å². The predicted octanol–water partition coefficient (Wildman–Crippen LogP) is 3.51. The van der Waals surface area contributed by atoms with Crippen LogP contribution in [0.5, 0.6) is 0 Å². The molecule has 0 spiro atoms. The Labute approximate surface area is 165 Å². The van der Waals surface area contributed by atoms with Gasteiger partial charge in [0, 0.05) is 49.1 Å². The molecule has 5 nitrogen and oxygen atoms in total. The second kappa shape index (κ2) is 8.55. The third-order valence-corrected chi connectivity index (χ3v) is 6.00. The first-order valence-corrected chi connectivity index (χ1v) is 10.3. The van der Waals surface area contributed by atoms with Gasteiger partial charge in [0.15, 0.2) is 0 Å². The van der Waals surface area contributed by atoms with Crippen molar-refractivity contribution in [1.82, 2.24) is 15.3 Å². The summed E-state index contributed by atoms with van der Waals surface area (Å²) in [5.41, 5.74) is 3.61. The Morgan fingerprint density at radius 1 is 1.22 bits per heavy atom. The number of fused-ring (bicyclic) bond motifs is 1. The molecule has 6 heteroatoms. The fraction of sp³-hybridized carbons (Fsp3) is 0.524. The number of aliphatic hydroxyl groups excluding tert-OH is 1. The monoisotopic (exact) mass is 386 g/mol. The van der Waals surface area contributed by atoms with Crippen molar-refractivity contribution in [1.29, 1.82) is 0 Å². The van der Waals surface area contributed by atoms with E-state index in [1.807, 2.05) is 24.4 Å². The molecule has 1 unspecified atom stereocenters. The number of aliphatic hydroxyl groups is 1. The molecule has 1 aliphatic carbocycles. The maximum absolute atomic E-state index is 9.32. The fourth-order valence-corrected chi connectivity index (χ4v) is 4.32. The van der Waals surface area contributed by atoms with Crippen molar-refractivity contribution < 1.29 is 5.11 Å². The highest BCUT2D eigenvalue weighted by Gasteiger charge is 2.25. The van der Waals surface area contributed by atoms with Crippen LogP contribution >= 0.6 is 11.6 Å². The van der Waals surface area contributed by atoms with Crippen LogP contribution in [0, 0.1) is 5.92 Å². The van der Waals surface area contributed by atoms with E-state index in [-0.39, 0.29) is 0 Å². The minimum absolute atomic E-state index is 0.291. The largest absolute Gasteiger partial charge is 0.396 e. The van der Waals surface area contributed by atoms with Crippen LogP contribution in [0.2, 0.25) is 5.02 Å². The third kappa shape index (κ3) is 4.42. The summed E-state index contributed by atoms with van der Waals surface area (Å²) < 4.78 is 0. The summed E-state index contributed by atoms with van der Waals surface area (Å²) in [5, 5.41) is 13.7. The predicted molar refractivity (Wildman–Crippen MR) is 108 cm³/mol. The molecule has 2 N–H and O–H groups in total. The average molecular weight is 387 g/mol. The first-order chi connectivity index (χ1) is 13.2. The van der Waals surface area contributed by atoms with Crippen LogP contribution in [-0.4, -0.2) is 34.8 Å². The van der Waals surface area contributed by atoms with Gasteiger partial charge in [-0.05, 0) is 55.7 Å². The number of halogens is 1. The van der Waals surface area contributed by atoms with Crippen molar-refractivity contribution in [3.63, 3.8) is 0 Å². The lowest BCUT2D eigenvalue weighted by molar-refractivity contribution is 0.202. The van der Waals surface area contributed by atoms with Crippen LogP contribution in [0.3, 0.4) is 0 Å². The molecule has 2 heterocycles. The lowest BCUT2D eigenvalue weighted by Gasteiger charge is -2.32. The van der Waals surface area contributed by atoms with Crippen LogP contribution in [0.1, 0.15) is 48.5 Å². The van der Waals surface area contributed by atoms with Crippen molar-refractivity contribution in [2.75, 3.05) is 24.6 Å². The van der Waals surface area contributed by atoms with E-state index in [1.165, 1.54) is 16.8 Å². The number of nitrogens with zero attached hydrogens (tertiary/aromatic N) is 3. The number of piperidine rings is 1. The molecule has 27 heavy (non-hydrogen) atoms. The molecule has 1 aliphatic heterocycles. The number of aryl methyl sites for hydroxylation is 1. The van der Waals surface area contributed by atoms with Gasteiger partial charge in [-0.2, -0.15) is 0 Å². The van der Waals surface area contributed by atoms with Gasteiger partial charge >= 0.3 is 0 Å². The van der Waals surface area contributed by atoms with E-state index in [1.54, 1.807) is 0 Å². The minimum Gasteiger partial charge on any atom is -0.396 e. The van der Waals surface area contributed by atoms with Crippen LogP contribution < -0.4 is 10.2 Å². The van der Waals surface area contributed by atoms with Crippen molar-refractivity contribution in [2.24, 2.45) is 5.92 Å². The van der Waals surface area contributed by atoms with Crippen LogP contribution in [-0.2, 0) is 13.0 Å². The van der Waals surface area contributed by atoms with E-state index in [0.29, 0.717) is 18.6 Å². The van der Waals surface area contributed by atoms with Gasteiger partial charge in [-0.1, -0.05) is 23.7 Å². The number of aromatic nitrogens is 2. The van der Waals surface area contributed by atoms with Gasteiger partial charge in [0.25, 0.3) is 0 Å². The zero-order chi connectivity index (χ0) is 18.6. The fourth-order valence-electron chi connectivity index (χ4n) is 4.10. The van der Waals surface area contributed by atoms with Crippen LogP contribution in [0.4, 0.5) is 5.95 Å². The first-order valence-electron chi connectivity index (χ1n) is 9.92. The van der Waals surface area contributed by atoms with Crippen molar-refractivity contribution in [3.05, 3.63) is 52.3 Å². The smallest absolute Gasteiger partial charge is 0.225 e. The van der Waals surface area contributed by atoms with E-state index in [0.717, 1.165) is 62.7 Å². The van der Waals surface area contributed by atoms with Gasteiger partial charge < -0.3 is 15.3 Å². The Bertz CT molecular complexity index is 777. The van der Waals surface area contributed by atoms with Crippen molar-refractivity contribution in [2.45, 2.75) is 44.7 Å². The number of benzene rings is 1. The lowest BCUT2D eigenvalue weighted by Crippen LogP contribution is -2.36. The van der Waals surface area contributed by atoms with Gasteiger partial charge in [0.05, 0.1) is 5.69 Å². The molecule has 1 fully saturated rings. The molecule has 1 saturated heterocycles. The minimum atomic E-state index is 0.291. The maximum Gasteiger partial charge on any atom is 0.225 e. The molecule has 1 aromatic heterocycles. The zero-order valence-corrected chi connectivity index (χ0v) is 16.3. The number of anilines is 1. The summed E-state index contributed by atoms with van der Waals surface area (Å²) in [6.07, 6.45) is 7.32. The first kappa shape index (κ1) is 18.7. The van der Waals surface area contributed by atoms with E-state index >= 15 is 0 Å². The molecule has 2 aromatic rings. The Morgan fingerprint density at radius 3 is 2.85 bits per heavy atom. The molecule has 4 rings (SSSR count). The standard InChI is InChI=1S/C21H27ClN4O/c22-17-4-1-3-16(11-17)12-23-19-5-2-6-20-18(19)13-24-21(25-20)26-9-7-15(14-27)8-10-26/h1,3-4,11,13,15,19,23,27H,2,5-10,12,14H2. The topological polar surface area (TPSA) is 61.3 Å². The highest BCUT2D eigenvalue weighted by Crippen LogP contribution is 2.30. The molecule has 144 valence electrons. The van der Waals surface area contributed by atoms with Gasteiger partial charge in [-0.25, -0.2) is 9.97 Å². The SMILES string of the molecule is OCC1CCN(c2ncc3c(n2)CCCC3NCc2cccc(Cl)c2)CC1. The molecule has 0 radical (unpaired) electrons. The molecule has 0 saturated carbocycles. The third-order valence-electron chi connectivity index (χ3n) is 5.77. The van der Waals surface area contributed by atoms with Gasteiger partial charge in [0.1, 0.15) is 0 Å². The van der Waals surface area contributed by atoms with E-state index in [9.17, 15) is 5.11 Å². The molecule has 2 aliphatic rings. The lowest BCUT2D eigenvalue weighted by atomic mass is 9.92. The molecular weight excluding hydrogens is 360 g/mol. The second-order valence-electron chi connectivity index (χ2n) is 7.64. The number of rotatable bonds is 5. The van der Waals surface area contributed by atoms with Crippen LogP contribution in [0.25, 0.3) is 0 Å². The average Bonchev–Trinajstić information content (AvgIpc) is 2.72. The zero-order valence-electron chi connectivity index (χ0n) is 15.6. The van der Waals surface area contributed by atoms with Gasteiger partial charge in [-0.3, -0.25) is 0 Å². The normalized spacial score (nSPS) is 20.5. The summed E-state index contributed by atoms with van der Waals surface area (Å²) in [4.78, 5) is 11.8. The summed E-state index contributed by atoms with van der Waals surface area (Å²) in [7, 11) is 0. The molecule has 0 bridgehead atoms. The Kier molecular flexibility index (Phi) is 5.91. The van der Waals surface area contributed by atoms with Gasteiger partial charge in [0.2, 0.25) is 5.95 Å². The van der Waals surface area contributed by atoms with Crippen molar-refractivity contribution in [3.8, 4) is 0 Å². The van der Waals surface area contributed by atoms with E-state index in [2.05, 4.69) is 21.3 Å². The van der Waals surface area contributed by atoms with E-state index < -0.39 is 0 Å². The summed E-state index contributed by atoms with van der Waals surface area (Å²) in [5.74, 6) is 1.28. The number of nitrogens with one attached hydrogen (secondary N) is 1. The molecule has 1 aromatic carbocycles. The Hall–Kier alpha value is -1.69. The van der Waals surface area contributed by atoms with Crippen LogP contribution in [0.15, 0.2) is 30.5 Å². The Balaban J connectivity index is 1.44. The highest BCUT2D eigenvalue weighted by molar-refractivity contribution is 6.30. The summed E-state index contributed by atoms with van der Waals surface area (Å²) in [6, 6.07) is 8.29. The highest BCUT2D eigenvalue weighted by atomic mass is 35.5.